The summed E-state index contributed by atoms with van der Waals surface area (Å²) >= 11 is 0. The van der Waals surface area contributed by atoms with Gasteiger partial charge in [0.15, 0.2) is 5.96 Å². The predicted octanol–water partition coefficient (Wildman–Crippen LogP) is 2.92. The third-order valence-electron chi connectivity index (χ3n) is 7.74. The molecule has 1 atom stereocenters. The van der Waals surface area contributed by atoms with Gasteiger partial charge in [-0.15, -0.1) is 0 Å². The van der Waals surface area contributed by atoms with Gasteiger partial charge in [0, 0.05) is 18.6 Å². The van der Waals surface area contributed by atoms with E-state index in [1.165, 1.54) is 71.1 Å². The molecule has 7 heteroatoms. The third-order valence-corrected chi connectivity index (χ3v) is 7.74. The van der Waals surface area contributed by atoms with Gasteiger partial charge >= 0.3 is 0 Å². The molecule has 0 aromatic carbocycles. The van der Waals surface area contributed by atoms with Crippen molar-refractivity contribution in [3.05, 3.63) is 24.2 Å². The predicted molar refractivity (Wildman–Crippen MR) is 131 cm³/mol. The SMILES string of the molecule is CCNC(=NCC1(N2CCCCC2)CCN(C)CC1)NCC(c1ccco1)N1CCCC1. The lowest BCUT2D eigenvalue weighted by Gasteiger charge is -2.49. The van der Waals surface area contributed by atoms with Gasteiger partial charge in [0.05, 0.1) is 18.8 Å². The highest BCUT2D eigenvalue weighted by molar-refractivity contribution is 5.79. The van der Waals surface area contributed by atoms with Gasteiger partial charge in [-0.05, 0) is 104 Å². The summed E-state index contributed by atoms with van der Waals surface area (Å²) in [6.45, 7) is 11.8. The van der Waals surface area contributed by atoms with Crippen LogP contribution in [0.25, 0.3) is 0 Å². The molecule has 7 nitrogen and oxygen atoms in total. The summed E-state index contributed by atoms with van der Waals surface area (Å²) in [5.41, 5.74) is 0.213. The van der Waals surface area contributed by atoms with Crippen molar-refractivity contribution in [2.75, 3.05) is 66.0 Å². The standard InChI is InChI=1S/C25H44N6O/c1-3-26-24(27-20-22(23-10-9-19-32-23)30-13-7-8-14-30)28-21-25(11-17-29(2)18-12-25)31-15-5-4-6-16-31/h9-10,19,22H,3-8,11-18,20-21H2,1-2H3,(H2,26,27,28). The zero-order chi connectivity index (χ0) is 22.2. The second-order valence-corrected chi connectivity index (χ2v) is 9.93. The number of nitrogens with one attached hydrogen (secondary N) is 2. The van der Waals surface area contributed by atoms with E-state index in [0.717, 1.165) is 44.4 Å². The minimum atomic E-state index is 0.213. The van der Waals surface area contributed by atoms with E-state index in [-0.39, 0.29) is 11.6 Å². The monoisotopic (exact) mass is 444 g/mol. The van der Waals surface area contributed by atoms with Crippen LogP contribution in [0.5, 0.6) is 0 Å². The number of hydrogen-bond donors (Lipinski definition) is 2. The Hall–Kier alpha value is -1.57. The highest BCUT2D eigenvalue weighted by atomic mass is 16.3. The molecule has 0 amide bonds. The Kier molecular flexibility index (Phi) is 8.49. The molecule has 1 unspecified atom stereocenters. The molecule has 3 saturated heterocycles. The van der Waals surface area contributed by atoms with Gasteiger partial charge in [0.1, 0.15) is 5.76 Å². The summed E-state index contributed by atoms with van der Waals surface area (Å²) in [4.78, 5) is 13.0. The van der Waals surface area contributed by atoms with Crippen LogP contribution in [0.3, 0.4) is 0 Å². The Morgan fingerprint density at radius 2 is 1.75 bits per heavy atom. The zero-order valence-corrected chi connectivity index (χ0v) is 20.3. The molecule has 0 spiro atoms. The van der Waals surface area contributed by atoms with Crippen LogP contribution < -0.4 is 10.6 Å². The number of nitrogens with zero attached hydrogens (tertiary/aromatic N) is 4. The van der Waals surface area contributed by atoms with Crippen molar-refractivity contribution in [1.29, 1.82) is 0 Å². The number of guanidine groups is 1. The summed E-state index contributed by atoms with van der Waals surface area (Å²) < 4.78 is 5.81. The van der Waals surface area contributed by atoms with E-state index >= 15 is 0 Å². The van der Waals surface area contributed by atoms with Crippen molar-refractivity contribution in [2.24, 2.45) is 4.99 Å². The molecule has 3 aliphatic rings. The molecule has 3 fully saturated rings. The van der Waals surface area contributed by atoms with Crippen LogP contribution >= 0.6 is 0 Å². The molecular formula is C25H44N6O. The normalized spacial score (nSPS) is 24.5. The molecule has 3 aliphatic heterocycles. The van der Waals surface area contributed by atoms with Crippen LogP contribution in [0.4, 0.5) is 0 Å². The van der Waals surface area contributed by atoms with Gasteiger partial charge < -0.3 is 20.0 Å². The van der Waals surface area contributed by atoms with Gasteiger partial charge in [-0.3, -0.25) is 14.8 Å². The maximum atomic E-state index is 5.81. The second kappa shape index (κ2) is 11.5. The summed E-state index contributed by atoms with van der Waals surface area (Å²) in [5.74, 6) is 1.99. The van der Waals surface area contributed by atoms with E-state index in [2.05, 4.69) is 45.4 Å². The molecule has 0 radical (unpaired) electrons. The minimum absolute atomic E-state index is 0.213. The van der Waals surface area contributed by atoms with Crippen LogP contribution in [0.15, 0.2) is 27.8 Å². The molecule has 180 valence electrons. The number of likely N-dealkylation sites (tertiary alicyclic amines) is 3. The van der Waals surface area contributed by atoms with E-state index in [1.54, 1.807) is 6.26 Å². The summed E-state index contributed by atoms with van der Waals surface area (Å²) in [7, 11) is 2.25. The maximum absolute atomic E-state index is 5.81. The molecule has 1 aromatic rings. The van der Waals surface area contributed by atoms with Gasteiger partial charge in [-0.25, -0.2) is 0 Å². The Labute approximate surface area is 194 Å². The van der Waals surface area contributed by atoms with Crippen molar-refractivity contribution in [1.82, 2.24) is 25.3 Å². The third kappa shape index (κ3) is 5.86. The number of aliphatic imine (C=N–C) groups is 1. The number of furan rings is 1. The first-order valence-corrected chi connectivity index (χ1v) is 12.9. The first-order valence-electron chi connectivity index (χ1n) is 12.9. The van der Waals surface area contributed by atoms with E-state index in [9.17, 15) is 0 Å². The Morgan fingerprint density at radius 3 is 2.41 bits per heavy atom. The second-order valence-electron chi connectivity index (χ2n) is 9.93. The molecule has 2 N–H and O–H groups in total. The Balaban J connectivity index is 1.44. The first kappa shape index (κ1) is 23.6. The van der Waals surface area contributed by atoms with Crippen LogP contribution in [-0.2, 0) is 0 Å². The quantitative estimate of drug-likeness (QED) is 0.475. The van der Waals surface area contributed by atoms with Crippen molar-refractivity contribution >= 4 is 5.96 Å². The lowest BCUT2D eigenvalue weighted by molar-refractivity contribution is 0.0208. The topological polar surface area (TPSA) is 59.3 Å². The van der Waals surface area contributed by atoms with Gasteiger partial charge in [-0.2, -0.15) is 0 Å². The average Bonchev–Trinajstić information content (AvgIpc) is 3.55. The number of rotatable bonds is 8. The summed E-state index contributed by atoms with van der Waals surface area (Å²) in [6.07, 6.45) is 10.8. The fraction of sp³-hybridized carbons (Fsp3) is 0.800. The molecular weight excluding hydrogens is 400 g/mol. The van der Waals surface area contributed by atoms with Crippen molar-refractivity contribution in [3.63, 3.8) is 0 Å². The van der Waals surface area contributed by atoms with Crippen LogP contribution in [0.1, 0.15) is 63.7 Å². The lowest BCUT2D eigenvalue weighted by Crippen LogP contribution is -2.58. The molecule has 0 bridgehead atoms. The molecule has 0 aliphatic carbocycles. The maximum Gasteiger partial charge on any atom is 0.191 e. The van der Waals surface area contributed by atoms with Crippen molar-refractivity contribution in [3.8, 4) is 0 Å². The van der Waals surface area contributed by atoms with E-state index in [0.29, 0.717) is 0 Å². The number of hydrogen-bond acceptors (Lipinski definition) is 5. The van der Waals surface area contributed by atoms with Gasteiger partial charge in [-0.1, -0.05) is 6.42 Å². The molecule has 1 aromatic heterocycles. The van der Waals surface area contributed by atoms with Gasteiger partial charge in [0.2, 0.25) is 0 Å². The molecule has 0 saturated carbocycles. The summed E-state index contributed by atoms with van der Waals surface area (Å²) in [5, 5.41) is 7.17. The van der Waals surface area contributed by atoms with Crippen molar-refractivity contribution < 1.29 is 4.42 Å². The lowest BCUT2D eigenvalue weighted by atomic mass is 9.84. The van der Waals surface area contributed by atoms with E-state index in [1.807, 2.05) is 6.07 Å². The van der Waals surface area contributed by atoms with Gasteiger partial charge in [0.25, 0.3) is 0 Å². The zero-order valence-electron chi connectivity index (χ0n) is 20.3. The van der Waals surface area contributed by atoms with Crippen molar-refractivity contribution in [2.45, 2.75) is 63.5 Å². The highest BCUT2D eigenvalue weighted by Crippen LogP contribution is 2.32. The first-order chi connectivity index (χ1) is 15.7. The number of piperidine rings is 2. The smallest absolute Gasteiger partial charge is 0.191 e. The molecule has 4 rings (SSSR count). The largest absolute Gasteiger partial charge is 0.468 e. The van der Waals surface area contributed by atoms with Crippen LogP contribution in [0.2, 0.25) is 0 Å². The Bertz CT molecular complexity index is 685. The van der Waals surface area contributed by atoms with E-state index in [4.69, 9.17) is 9.41 Å². The minimum Gasteiger partial charge on any atom is -0.468 e. The average molecular weight is 445 g/mol. The van der Waals surface area contributed by atoms with Crippen LogP contribution in [-0.4, -0.2) is 92.1 Å². The molecule has 4 heterocycles. The summed E-state index contributed by atoms with van der Waals surface area (Å²) in [6, 6.07) is 4.37. The highest BCUT2D eigenvalue weighted by Gasteiger charge is 2.39. The van der Waals surface area contributed by atoms with Crippen LogP contribution in [0, 0.1) is 0 Å². The Morgan fingerprint density at radius 1 is 1.03 bits per heavy atom. The molecule has 32 heavy (non-hydrogen) atoms. The van der Waals surface area contributed by atoms with E-state index < -0.39 is 0 Å². The fourth-order valence-corrected chi connectivity index (χ4v) is 5.68. The fourth-order valence-electron chi connectivity index (χ4n) is 5.68.